The lowest BCUT2D eigenvalue weighted by molar-refractivity contribution is 1.01. The highest BCUT2D eigenvalue weighted by Crippen LogP contribution is 2.18. The third-order valence-corrected chi connectivity index (χ3v) is 4.05. The van der Waals surface area contributed by atoms with Crippen molar-refractivity contribution in [3.8, 4) is 0 Å². The van der Waals surface area contributed by atoms with E-state index in [0.29, 0.717) is 0 Å². The SMILES string of the molecule is c1cc(Nc2ccc(NCCc3cnc4[nH]ccc4c3)cc2)ccn1. The van der Waals surface area contributed by atoms with Gasteiger partial charge in [-0.2, -0.15) is 0 Å². The van der Waals surface area contributed by atoms with Crippen LogP contribution < -0.4 is 10.6 Å². The minimum atomic E-state index is 0.870. The second-order valence-corrected chi connectivity index (χ2v) is 5.87. The quantitative estimate of drug-likeness (QED) is 0.492. The minimum Gasteiger partial charge on any atom is -0.385 e. The molecule has 5 nitrogen and oxygen atoms in total. The molecule has 5 heteroatoms. The van der Waals surface area contributed by atoms with Crippen molar-refractivity contribution in [2.75, 3.05) is 17.2 Å². The summed E-state index contributed by atoms with van der Waals surface area (Å²) in [6.07, 6.45) is 8.34. The van der Waals surface area contributed by atoms with Crippen LogP contribution in [0.25, 0.3) is 11.0 Å². The van der Waals surface area contributed by atoms with E-state index in [2.05, 4.69) is 55.9 Å². The molecule has 0 aliphatic carbocycles. The number of aromatic nitrogens is 3. The molecule has 0 saturated heterocycles. The Balaban J connectivity index is 1.32. The van der Waals surface area contributed by atoms with Gasteiger partial charge in [-0.1, -0.05) is 0 Å². The molecule has 25 heavy (non-hydrogen) atoms. The Hall–Kier alpha value is -3.34. The van der Waals surface area contributed by atoms with Crippen molar-refractivity contribution in [3.05, 3.63) is 78.9 Å². The zero-order valence-electron chi connectivity index (χ0n) is 13.7. The van der Waals surface area contributed by atoms with Crippen LogP contribution in [-0.4, -0.2) is 21.5 Å². The minimum absolute atomic E-state index is 0.870. The first-order valence-electron chi connectivity index (χ1n) is 8.30. The smallest absolute Gasteiger partial charge is 0.137 e. The number of hydrogen-bond acceptors (Lipinski definition) is 4. The van der Waals surface area contributed by atoms with Gasteiger partial charge in [0.2, 0.25) is 0 Å². The molecule has 0 fully saturated rings. The lowest BCUT2D eigenvalue weighted by atomic mass is 10.2. The van der Waals surface area contributed by atoms with Crippen molar-refractivity contribution in [2.45, 2.75) is 6.42 Å². The molecule has 4 aromatic rings. The molecule has 3 heterocycles. The molecule has 0 atom stereocenters. The monoisotopic (exact) mass is 329 g/mol. The zero-order valence-corrected chi connectivity index (χ0v) is 13.7. The summed E-state index contributed by atoms with van der Waals surface area (Å²) in [5.74, 6) is 0. The van der Waals surface area contributed by atoms with Gasteiger partial charge in [0.15, 0.2) is 0 Å². The number of anilines is 3. The Labute approximate surface area is 146 Å². The first-order chi connectivity index (χ1) is 12.4. The number of pyridine rings is 2. The van der Waals surface area contributed by atoms with Crippen LogP contribution in [-0.2, 0) is 6.42 Å². The van der Waals surface area contributed by atoms with Crippen LogP contribution in [0.3, 0.4) is 0 Å². The number of rotatable bonds is 6. The van der Waals surface area contributed by atoms with E-state index >= 15 is 0 Å². The fourth-order valence-electron chi connectivity index (χ4n) is 2.75. The van der Waals surface area contributed by atoms with Gasteiger partial charge in [0.1, 0.15) is 5.65 Å². The van der Waals surface area contributed by atoms with Gasteiger partial charge in [-0.3, -0.25) is 4.98 Å². The van der Waals surface area contributed by atoms with Gasteiger partial charge in [-0.15, -0.1) is 0 Å². The molecule has 0 unspecified atom stereocenters. The first-order valence-corrected chi connectivity index (χ1v) is 8.30. The third kappa shape index (κ3) is 3.77. The van der Waals surface area contributed by atoms with Crippen molar-refractivity contribution >= 4 is 28.1 Å². The average molecular weight is 329 g/mol. The maximum absolute atomic E-state index is 4.42. The highest BCUT2D eigenvalue weighted by molar-refractivity contribution is 5.75. The second kappa shape index (κ2) is 7.05. The van der Waals surface area contributed by atoms with Gasteiger partial charge in [0.25, 0.3) is 0 Å². The normalized spacial score (nSPS) is 10.7. The van der Waals surface area contributed by atoms with E-state index in [-0.39, 0.29) is 0 Å². The molecule has 3 aromatic heterocycles. The van der Waals surface area contributed by atoms with Gasteiger partial charge >= 0.3 is 0 Å². The predicted octanol–water partition coefficient (Wildman–Crippen LogP) is 4.36. The number of hydrogen-bond donors (Lipinski definition) is 3. The topological polar surface area (TPSA) is 65.6 Å². The highest BCUT2D eigenvalue weighted by atomic mass is 14.9. The zero-order chi connectivity index (χ0) is 16.9. The van der Waals surface area contributed by atoms with Crippen LogP contribution >= 0.6 is 0 Å². The number of aromatic amines is 1. The summed E-state index contributed by atoms with van der Waals surface area (Å²) < 4.78 is 0. The van der Waals surface area contributed by atoms with Gasteiger partial charge < -0.3 is 15.6 Å². The number of nitrogens with one attached hydrogen (secondary N) is 3. The summed E-state index contributed by atoms with van der Waals surface area (Å²) in [6, 6.07) is 16.4. The molecule has 3 N–H and O–H groups in total. The van der Waals surface area contributed by atoms with Crippen LogP contribution in [0, 0.1) is 0 Å². The molecule has 124 valence electrons. The predicted molar refractivity (Wildman–Crippen MR) is 102 cm³/mol. The fourth-order valence-corrected chi connectivity index (χ4v) is 2.75. The summed E-state index contributed by atoms with van der Waals surface area (Å²) in [4.78, 5) is 11.6. The van der Waals surface area contributed by atoms with Crippen molar-refractivity contribution in [1.29, 1.82) is 0 Å². The van der Waals surface area contributed by atoms with E-state index < -0.39 is 0 Å². The van der Waals surface area contributed by atoms with E-state index in [0.717, 1.165) is 41.1 Å². The molecule has 4 rings (SSSR count). The van der Waals surface area contributed by atoms with Crippen LogP contribution in [0.2, 0.25) is 0 Å². The summed E-state index contributed by atoms with van der Waals surface area (Å²) >= 11 is 0. The second-order valence-electron chi connectivity index (χ2n) is 5.87. The van der Waals surface area contributed by atoms with Gasteiger partial charge in [-0.25, -0.2) is 4.98 Å². The largest absolute Gasteiger partial charge is 0.385 e. The van der Waals surface area contributed by atoms with Crippen molar-refractivity contribution in [1.82, 2.24) is 15.0 Å². The van der Waals surface area contributed by atoms with Crippen molar-refractivity contribution in [2.24, 2.45) is 0 Å². The molecule has 1 aromatic carbocycles. The first kappa shape index (κ1) is 15.2. The Kier molecular flexibility index (Phi) is 4.29. The van der Waals surface area contributed by atoms with Gasteiger partial charge in [-0.05, 0) is 60.5 Å². The van der Waals surface area contributed by atoms with E-state index in [1.165, 1.54) is 5.56 Å². The standard InChI is InChI=1S/C20H19N5/c1-3-18(25-19-7-9-21-10-8-19)4-2-17(1)22-11-5-15-13-16-6-12-23-20(16)24-14-15/h1-4,6-10,12-14,22H,5,11H2,(H,21,25)(H,23,24). The Bertz CT molecular complexity index is 945. The molecule has 0 bridgehead atoms. The van der Waals surface area contributed by atoms with E-state index in [1.807, 2.05) is 30.6 Å². The summed E-state index contributed by atoms with van der Waals surface area (Å²) in [6.45, 7) is 0.870. The van der Waals surface area contributed by atoms with E-state index in [1.54, 1.807) is 12.4 Å². The molecule has 0 spiro atoms. The van der Waals surface area contributed by atoms with E-state index in [4.69, 9.17) is 0 Å². The maximum Gasteiger partial charge on any atom is 0.137 e. The van der Waals surface area contributed by atoms with Gasteiger partial charge in [0.05, 0.1) is 0 Å². The average Bonchev–Trinajstić information content (AvgIpc) is 3.12. The molecule has 0 saturated carbocycles. The van der Waals surface area contributed by atoms with Crippen molar-refractivity contribution in [3.63, 3.8) is 0 Å². The lowest BCUT2D eigenvalue weighted by Crippen LogP contribution is -2.05. The van der Waals surface area contributed by atoms with Gasteiger partial charge in [0, 0.05) is 53.8 Å². The summed E-state index contributed by atoms with van der Waals surface area (Å²) in [7, 11) is 0. The molecule has 0 radical (unpaired) electrons. The number of H-pyrrole nitrogens is 1. The Morgan fingerprint density at radius 3 is 2.48 bits per heavy atom. The Morgan fingerprint density at radius 2 is 1.64 bits per heavy atom. The van der Waals surface area contributed by atoms with Crippen LogP contribution in [0.1, 0.15) is 5.56 Å². The summed E-state index contributed by atoms with van der Waals surface area (Å²) in [5, 5.41) is 7.96. The van der Waals surface area contributed by atoms with Crippen LogP contribution in [0.15, 0.2) is 73.3 Å². The summed E-state index contributed by atoms with van der Waals surface area (Å²) in [5.41, 5.74) is 5.36. The molecule has 0 amide bonds. The molecular weight excluding hydrogens is 310 g/mol. The fraction of sp³-hybridized carbons (Fsp3) is 0.100. The Morgan fingerprint density at radius 1 is 0.880 bits per heavy atom. The maximum atomic E-state index is 4.42. The van der Waals surface area contributed by atoms with Crippen molar-refractivity contribution < 1.29 is 0 Å². The van der Waals surface area contributed by atoms with Crippen LogP contribution in [0.5, 0.6) is 0 Å². The molecular formula is C20H19N5. The molecule has 0 aliphatic heterocycles. The van der Waals surface area contributed by atoms with E-state index in [9.17, 15) is 0 Å². The molecule has 0 aliphatic rings. The highest BCUT2D eigenvalue weighted by Gasteiger charge is 2.00. The number of benzene rings is 1. The number of fused-ring (bicyclic) bond motifs is 1. The van der Waals surface area contributed by atoms with Crippen LogP contribution in [0.4, 0.5) is 17.1 Å². The third-order valence-electron chi connectivity index (χ3n) is 4.05. The lowest BCUT2D eigenvalue weighted by Gasteiger charge is -2.09. The number of nitrogens with zero attached hydrogens (tertiary/aromatic N) is 2.